The van der Waals surface area contributed by atoms with Crippen LogP contribution in [-0.4, -0.2) is 23.4 Å². The second-order valence-electron chi connectivity index (χ2n) is 7.12. The van der Waals surface area contributed by atoms with Gasteiger partial charge in [0.2, 0.25) is 0 Å². The summed E-state index contributed by atoms with van der Waals surface area (Å²) in [6.45, 7) is 3.89. The fourth-order valence-corrected chi connectivity index (χ4v) is 4.42. The topological polar surface area (TPSA) is 77.4 Å². The summed E-state index contributed by atoms with van der Waals surface area (Å²) in [5.41, 5.74) is 9.92. The van der Waals surface area contributed by atoms with E-state index in [1.165, 1.54) is 0 Å². The van der Waals surface area contributed by atoms with E-state index >= 15 is 0 Å². The van der Waals surface area contributed by atoms with Gasteiger partial charge in [-0.2, -0.15) is 5.26 Å². The molecule has 1 unspecified atom stereocenters. The Hall–Kier alpha value is -3.01. The van der Waals surface area contributed by atoms with Crippen LogP contribution >= 0.6 is 11.9 Å². The van der Waals surface area contributed by atoms with Crippen LogP contribution in [0.5, 0.6) is 0 Å². The van der Waals surface area contributed by atoms with Crippen molar-refractivity contribution in [3.8, 4) is 17.2 Å². The third kappa shape index (κ3) is 4.37. The second kappa shape index (κ2) is 8.56. The van der Waals surface area contributed by atoms with Gasteiger partial charge in [0, 0.05) is 30.5 Å². The third-order valence-electron chi connectivity index (χ3n) is 5.00. The highest BCUT2D eigenvalue weighted by molar-refractivity contribution is 8.00. The Morgan fingerprint density at radius 1 is 1.34 bits per heavy atom. The lowest BCUT2D eigenvalue weighted by Gasteiger charge is -2.18. The molecule has 4 rings (SSSR count). The first kappa shape index (κ1) is 19.3. The van der Waals surface area contributed by atoms with Crippen LogP contribution in [0.2, 0.25) is 0 Å². The van der Waals surface area contributed by atoms with Crippen LogP contribution in [0.15, 0.2) is 64.6 Å². The Balaban J connectivity index is 1.50. The highest BCUT2D eigenvalue weighted by Crippen LogP contribution is 2.26. The van der Waals surface area contributed by atoms with E-state index < -0.39 is 0 Å². The summed E-state index contributed by atoms with van der Waals surface area (Å²) in [6.07, 6.45) is 8.80. The summed E-state index contributed by atoms with van der Waals surface area (Å²) in [5, 5.41) is 15.8. The van der Waals surface area contributed by atoms with Gasteiger partial charge in [-0.25, -0.2) is 4.31 Å². The number of nitriles is 1. The van der Waals surface area contributed by atoms with Gasteiger partial charge < -0.3 is 11.1 Å². The number of fused-ring (bicyclic) bond motifs is 1. The number of rotatable bonds is 6. The van der Waals surface area contributed by atoms with Crippen molar-refractivity contribution in [2.75, 3.05) is 18.4 Å². The van der Waals surface area contributed by atoms with Crippen LogP contribution in [0.25, 0.3) is 17.3 Å². The molecule has 2 heterocycles. The molecule has 2 aliphatic rings. The Kier molecular flexibility index (Phi) is 5.70. The molecule has 0 saturated carbocycles. The standard InChI is InChI=1S/C23H23N5S/c1-2-3-7-22(25)29-28-9-8-20(15-28)27-21-12-18(11-19-14-26-23(19)21)17-6-4-5-16(10-17)13-24/h2-7,10-12,14,20,27H,8-9,15,25H2,1H3/b3-2-,22-7+. The molecular weight excluding hydrogens is 378 g/mol. The molecule has 1 atom stereocenters. The predicted octanol–water partition coefficient (Wildman–Crippen LogP) is 3.11. The van der Waals surface area contributed by atoms with Crippen LogP contribution in [-0.2, 0) is 0 Å². The minimum absolute atomic E-state index is 0.345. The molecule has 0 aliphatic carbocycles. The zero-order chi connectivity index (χ0) is 20.2. The molecule has 2 aliphatic heterocycles. The molecule has 2 aromatic carbocycles. The van der Waals surface area contributed by atoms with E-state index in [0.29, 0.717) is 11.6 Å². The molecule has 0 spiro atoms. The van der Waals surface area contributed by atoms with E-state index in [0.717, 1.165) is 51.9 Å². The smallest absolute Gasteiger partial charge is 0.0991 e. The first-order valence-corrected chi connectivity index (χ1v) is 10.4. The van der Waals surface area contributed by atoms with Crippen LogP contribution in [0.1, 0.15) is 18.9 Å². The SMILES string of the molecule is C/C=C\C=C(/N)SN1CCC(Nc2cc(-c3cccc(C#N)c3)cc3c2=NC=3)C1. The lowest BCUT2D eigenvalue weighted by atomic mass is 10.0. The second-order valence-corrected chi connectivity index (χ2v) is 8.29. The van der Waals surface area contributed by atoms with Crippen LogP contribution in [0.3, 0.4) is 0 Å². The van der Waals surface area contributed by atoms with Gasteiger partial charge >= 0.3 is 0 Å². The number of anilines is 1. The van der Waals surface area contributed by atoms with Crippen molar-refractivity contribution in [2.45, 2.75) is 19.4 Å². The van der Waals surface area contributed by atoms with Gasteiger partial charge in [-0.3, -0.25) is 4.99 Å². The van der Waals surface area contributed by atoms with E-state index in [1.54, 1.807) is 11.9 Å². The van der Waals surface area contributed by atoms with Crippen molar-refractivity contribution in [1.29, 1.82) is 5.26 Å². The number of hydrogen-bond donors (Lipinski definition) is 2. The fraction of sp³-hybridized carbons (Fsp3) is 0.217. The highest BCUT2D eigenvalue weighted by Gasteiger charge is 2.24. The van der Waals surface area contributed by atoms with Crippen LogP contribution in [0, 0.1) is 11.3 Å². The third-order valence-corrected chi connectivity index (χ3v) is 5.93. The first-order valence-electron chi connectivity index (χ1n) is 9.67. The molecular formula is C23H23N5S. The summed E-state index contributed by atoms with van der Waals surface area (Å²) in [6, 6.07) is 14.5. The molecule has 0 bridgehead atoms. The average Bonchev–Trinajstić information content (AvgIpc) is 3.14. The van der Waals surface area contributed by atoms with E-state index in [9.17, 15) is 5.26 Å². The van der Waals surface area contributed by atoms with E-state index in [-0.39, 0.29) is 0 Å². The number of nitrogens with one attached hydrogen (secondary N) is 1. The number of nitrogens with two attached hydrogens (primary N) is 1. The number of hydrogen-bond acceptors (Lipinski definition) is 6. The van der Waals surface area contributed by atoms with Gasteiger partial charge in [0.05, 0.1) is 27.7 Å². The first-order chi connectivity index (χ1) is 14.2. The largest absolute Gasteiger partial charge is 0.393 e. The molecule has 0 aromatic heterocycles. The summed E-state index contributed by atoms with van der Waals surface area (Å²) in [5.74, 6) is 0. The van der Waals surface area contributed by atoms with Gasteiger partial charge in [-0.1, -0.05) is 24.3 Å². The van der Waals surface area contributed by atoms with Gasteiger partial charge in [0.15, 0.2) is 0 Å². The molecule has 5 nitrogen and oxygen atoms in total. The number of nitrogens with zero attached hydrogens (tertiary/aromatic N) is 3. The molecule has 1 saturated heterocycles. The van der Waals surface area contributed by atoms with Crippen molar-refractivity contribution in [3.63, 3.8) is 0 Å². The summed E-state index contributed by atoms with van der Waals surface area (Å²) in [4.78, 5) is 4.45. The van der Waals surface area contributed by atoms with Crippen molar-refractivity contribution >= 4 is 23.8 Å². The molecule has 2 aromatic rings. The molecule has 29 heavy (non-hydrogen) atoms. The predicted molar refractivity (Wildman–Crippen MR) is 120 cm³/mol. The maximum Gasteiger partial charge on any atom is 0.0991 e. The Bertz CT molecular complexity index is 1140. The van der Waals surface area contributed by atoms with Gasteiger partial charge in [-0.05, 0) is 66.8 Å². The lowest BCUT2D eigenvalue weighted by molar-refractivity contribution is 0.581. The molecule has 0 amide bonds. The van der Waals surface area contributed by atoms with E-state index in [1.807, 2.05) is 55.6 Å². The number of benzene rings is 2. The van der Waals surface area contributed by atoms with Gasteiger partial charge in [-0.15, -0.1) is 0 Å². The maximum absolute atomic E-state index is 9.19. The van der Waals surface area contributed by atoms with Gasteiger partial charge in [0.1, 0.15) is 0 Å². The van der Waals surface area contributed by atoms with Crippen molar-refractivity contribution in [2.24, 2.45) is 10.7 Å². The van der Waals surface area contributed by atoms with Crippen LogP contribution < -0.4 is 21.6 Å². The molecule has 0 radical (unpaired) electrons. The molecule has 6 heteroatoms. The molecule has 3 N–H and O–H groups in total. The molecule has 1 fully saturated rings. The van der Waals surface area contributed by atoms with E-state index in [4.69, 9.17) is 5.73 Å². The highest BCUT2D eigenvalue weighted by atomic mass is 32.2. The van der Waals surface area contributed by atoms with Gasteiger partial charge in [0.25, 0.3) is 0 Å². The maximum atomic E-state index is 9.19. The van der Waals surface area contributed by atoms with Crippen LogP contribution in [0.4, 0.5) is 5.69 Å². The van der Waals surface area contributed by atoms with Crippen molar-refractivity contribution in [1.82, 2.24) is 4.31 Å². The monoisotopic (exact) mass is 401 g/mol. The Morgan fingerprint density at radius 3 is 3.00 bits per heavy atom. The van der Waals surface area contributed by atoms with E-state index in [2.05, 4.69) is 32.8 Å². The molecule has 146 valence electrons. The minimum Gasteiger partial charge on any atom is -0.393 e. The summed E-state index contributed by atoms with van der Waals surface area (Å²) in [7, 11) is 0. The quantitative estimate of drug-likeness (QED) is 0.574. The Morgan fingerprint density at radius 2 is 2.24 bits per heavy atom. The minimum atomic E-state index is 0.345. The lowest BCUT2D eigenvalue weighted by Crippen LogP contribution is -2.36. The number of allylic oxidation sites excluding steroid dienone is 3. The summed E-state index contributed by atoms with van der Waals surface area (Å²) < 4.78 is 2.29. The summed E-state index contributed by atoms with van der Waals surface area (Å²) >= 11 is 1.61. The fourth-order valence-electron chi connectivity index (χ4n) is 3.53. The zero-order valence-electron chi connectivity index (χ0n) is 16.3. The normalized spacial score (nSPS) is 18.5. The van der Waals surface area contributed by atoms with Crippen molar-refractivity contribution in [3.05, 3.63) is 75.8 Å². The zero-order valence-corrected chi connectivity index (χ0v) is 17.1. The average molecular weight is 402 g/mol. The Labute approximate surface area is 175 Å². The van der Waals surface area contributed by atoms with Crippen molar-refractivity contribution < 1.29 is 0 Å².